The summed E-state index contributed by atoms with van der Waals surface area (Å²) in [5.41, 5.74) is 3.59. The molecule has 0 bridgehead atoms. The molecule has 0 aliphatic carbocycles. The van der Waals surface area contributed by atoms with Gasteiger partial charge in [-0.1, -0.05) is 48.0 Å². The smallest absolute Gasteiger partial charge is 0.329 e. The molecule has 1 amide bonds. The summed E-state index contributed by atoms with van der Waals surface area (Å²) in [6.45, 7) is 10.3. The number of aryl methyl sites for hydroxylation is 2. The minimum atomic E-state index is -0.741. The fourth-order valence-corrected chi connectivity index (χ4v) is 3.13. The number of carbonyl (C=O) groups excluding carboxylic acids is 2. The van der Waals surface area contributed by atoms with Gasteiger partial charge in [-0.3, -0.25) is 4.79 Å². The van der Waals surface area contributed by atoms with Gasteiger partial charge in [-0.2, -0.15) is 0 Å². The monoisotopic (exact) mass is 410 g/mol. The van der Waals surface area contributed by atoms with E-state index in [0.717, 1.165) is 23.4 Å². The number of esters is 1. The Morgan fingerprint density at radius 2 is 1.70 bits per heavy atom. The number of amides is 1. The quantitative estimate of drug-likeness (QED) is 0.600. The van der Waals surface area contributed by atoms with E-state index < -0.39 is 17.6 Å². The molecule has 2 aromatic rings. The molecule has 162 valence electrons. The van der Waals surface area contributed by atoms with Gasteiger partial charge in [0, 0.05) is 25.1 Å². The third-order valence-corrected chi connectivity index (χ3v) is 4.60. The van der Waals surface area contributed by atoms with Crippen LogP contribution in [0.15, 0.2) is 48.5 Å². The highest BCUT2D eigenvalue weighted by Crippen LogP contribution is 2.19. The first-order valence-electron chi connectivity index (χ1n) is 10.6. The van der Waals surface area contributed by atoms with Crippen molar-refractivity contribution in [1.29, 1.82) is 0 Å². The first-order chi connectivity index (χ1) is 14.2. The van der Waals surface area contributed by atoms with Crippen molar-refractivity contribution in [3.63, 3.8) is 0 Å². The molecule has 2 aromatic carbocycles. The number of hydrogen-bond donors (Lipinski definition) is 2. The lowest BCUT2D eigenvalue weighted by molar-refractivity contribution is -0.158. The Bertz CT molecular complexity index is 838. The van der Waals surface area contributed by atoms with Crippen LogP contribution in [0, 0.1) is 6.92 Å². The Morgan fingerprint density at radius 3 is 2.33 bits per heavy atom. The molecule has 0 saturated carbocycles. The number of anilines is 1. The summed E-state index contributed by atoms with van der Waals surface area (Å²) >= 11 is 0. The van der Waals surface area contributed by atoms with Gasteiger partial charge in [-0.05, 0) is 58.2 Å². The first-order valence-corrected chi connectivity index (χ1v) is 10.6. The Labute approximate surface area is 180 Å². The van der Waals surface area contributed by atoms with E-state index in [2.05, 4.69) is 10.6 Å². The van der Waals surface area contributed by atoms with Crippen molar-refractivity contribution in [3.8, 4) is 0 Å². The fraction of sp³-hybridized carbons (Fsp3) is 0.440. The van der Waals surface area contributed by atoms with E-state index in [9.17, 15) is 9.59 Å². The average molecular weight is 411 g/mol. The topological polar surface area (TPSA) is 67.4 Å². The number of ether oxygens (including phenoxy) is 1. The number of nitrogens with one attached hydrogen (secondary N) is 2. The lowest BCUT2D eigenvalue weighted by Gasteiger charge is -2.25. The molecule has 2 rings (SSSR count). The van der Waals surface area contributed by atoms with Crippen molar-refractivity contribution in [2.75, 3.05) is 11.9 Å². The number of rotatable bonds is 9. The molecule has 1 atom stereocenters. The van der Waals surface area contributed by atoms with Crippen molar-refractivity contribution in [2.24, 2.45) is 0 Å². The van der Waals surface area contributed by atoms with E-state index in [-0.39, 0.29) is 5.91 Å². The van der Waals surface area contributed by atoms with Gasteiger partial charge in [-0.15, -0.1) is 0 Å². The number of benzene rings is 2. The standard InChI is InChI=1S/C25H34N2O3/c1-6-26-21-10-8-7-9-20(21)17-22(24(29)30-25(3,4)5)27-23(28)16-15-19-13-11-18(2)12-14-19/h7-14,22,26H,6,15-17H2,1-5H3,(H,27,28)/t22-/m0/s1. The predicted octanol–water partition coefficient (Wildman–Crippen LogP) is 4.43. The van der Waals surface area contributed by atoms with Crippen molar-refractivity contribution < 1.29 is 14.3 Å². The molecule has 0 aliphatic heterocycles. The molecular weight excluding hydrogens is 376 g/mol. The van der Waals surface area contributed by atoms with Gasteiger partial charge in [0.25, 0.3) is 0 Å². The highest BCUT2D eigenvalue weighted by molar-refractivity contribution is 5.85. The number of para-hydroxylation sites is 1. The van der Waals surface area contributed by atoms with Crippen LogP contribution in [0.2, 0.25) is 0 Å². The first kappa shape index (κ1) is 23.5. The molecule has 30 heavy (non-hydrogen) atoms. The second-order valence-electron chi connectivity index (χ2n) is 8.53. The van der Waals surface area contributed by atoms with Crippen LogP contribution in [0.1, 0.15) is 50.8 Å². The van der Waals surface area contributed by atoms with Gasteiger partial charge in [0.15, 0.2) is 0 Å². The molecule has 0 spiro atoms. The summed E-state index contributed by atoms with van der Waals surface area (Å²) < 4.78 is 5.57. The van der Waals surface area contributed by atoms with Crippen LogP contribution in [-0.2, 0) is 27.2 Å². The highest BCUT2D eigenvalue weighted by atomic mass is 16.6. The zero-order valence-corrected chi connectivity index (χ0v) is 18.7. The van der Waals surface area contributed by atoms with E-state index in [0.29, 0.717) is 19.3 Å². The van der Waals surface area contributed by atoms with Crippen LogP contribution in [0.4, 0.5) is 5.69 Å². The third-order valence-electron chi connectivity index (χ3n) is 4.60. The van der Waals surface area contributed by atoms with Crippen molar-refractivity contribution in [1.82, 2.24) is 5.32 Å². The number of carbonyl (C=O) groups is 2. The molecule has 5 heteroatoms. The van der Waals surface area contributed by atoms with Crippen LogP contribution < -0.4 is 10.6 Å². The lowest BCUT2D eigenvalue weighted by atomic mass is 10.0. The van der Waals surface area contributed by atoms with E-state index >= 15 is 0 Å². The highest BCUT2D eigenvalue weighted by Gasteiger charge is 2.27. The second kappa shape index (κ2) is 10.8. The zero-order valence-electron chi connectivity index (χ0n) is 18.7. The Kier molecular flexibility index (Phi) is 8.46. The summed E-state index contributed by atoms with van der Waals surface area (Å²) in [5, 5.41) is 6.21. The van der Waals surface area contributed by atoms with Gasteiger partial charge in [0.05, 0.1) is 0 Å². The summed E-state index contributed by atoms with van der Waals surface area (Å²) in [6, 6.07) is 15.2. The maximum Gasteiger partial charge on any atom is 0.329 e. The van der Waals surface area contributed by atoms with Gasteiger partial charge >= 0.3 is 5.97 Å². The van der Waals surface area contributed by atoms with E-state index in [1.807, 2.05) is 83.1 Å². The molecular formula is C25H34N2O3. The maximum atomic E-state index is 12.8. The largest absolute Gasteiger partial charge is 0.458 e. The van der Waals surface area contributed by atoms with Crippen molar-refractivity contribution >= 4 is 17.6 Å². The SMILES string of the molecule is CCNc1ccccc1C[C@H](NC(=O)CCc1ccc(C)cc1)C(=O)OC(C)(C)C. The van der Waals surface area contributed by atoms with Gasteiger partial charge in [-0.25, -0.2) is 4.79 Å². The van der Waals surface area contributed by atoms with Crippen LogP contribution >= 0.6 is 0 Å². The summed E-state index contributed by atoms with van der Waals surface area (Å²) in [6.07, 6.45) is 1.31. The van der Waals surface area contributed by atoms with Crippen molar-refractivity contribution in [3.05, 3.63) is 65.2 Å². The van der Waals surface area contributed by atoms with Crippen LogP contribution in [-0.4, -0.2) is 30.1 Å². The normalized spacial score (nSPS) is 12.2. The maximum absolute atomic E-state index is 12.8. The van der Waals surface area contributed by atoms with Gasteiger partial charge in [0.1, 0.15) is 11.6 Å². The third kappa shape index (κ3) is 7.90. The molecule has 2 N–H and O–H groups in total. The van der Waals surface area contributed by atoms with Gasteiger partial charge in [0.2, 0.25) is 5.91 Å². The minimum absolute atomic E-state index is 0.160. The average Bonchev–Trinajstić information content (AvgIpc) is 2.67. The molecule has 0 aliphatic rings. The predicted molar refractivity (Wildman–Crippen MR) is 122 cm³/mol. The Morgan fingerprint density at radius 1 is 1.03 bits per heavy atom. The van der Waals surface area contributed by atoms with E-state index in [4.69, 9.17) is 4.74 Å². The summed E-state index contributed by atoms with van der Waals surface area (Å²) in [4.78, 5) is 25.5. The van der Waals surface area contributed by atoms with Crippen LogP contribution in [0.25, 0.3) is 0 Å². The fourth-order valence-electron chi connectivity index (χ4n) is 3.13. The second-order valence-corrected chi connectivity index (χ2v) is 8.53. The molecule has 0 heterocycles. The number of hydrogen-bond acceptors (Lipinski definition) is 4. The summed E-state index contributed by atoms with van der Waals surface area (Å²) in [5.74, 6) is -0.579. The Hall–Kier alpha value is -2.82. The Balaban J connectivity index is 2.10. The van der Waals surface area contributed by atoms with E-state index in [1.54, 1.807) is 0 Å². The molecule has 0 saturated heterocycles. The molecule has 5 nitrogen and oxygen atoms in total. The molecule has 0 unspecified atom stereocenters. The molecule has 0 aromatic heterocycles. The zero-order chi connectivity index (χ0) is 22.1. The summed E-state index contributed by atoms with van der Waals surface area (Å²) in [7, 11) is 0. The lowest BCUT2D eigenvalue weighted by Crippen LogP contribution is -2.45. The van der Waals surface area contributed by atoms with E-state index in [1.165, 1.54) is 5.56 Å². The minimum Gasteiger partial charge on any atom is -0.458 e. The van der Waals surface area contributed by atoms with Crippen LogP contribution in [0.5, 0.6) is 0 Å². The van der Waals surface area contributed by atoms with Gasteiger partial charge < -0.3 is 15.4 Å². The van der Waals surface area contributed by atoms with Crippen molar-refractivity contribution in [2.45, 2.75) is 65.5 Å². The molecule has 0 radical (unpaired) electrons. The molecule has 0 fully saturated rings. The van der Waals surface area contributed by atoms with Crippen LogP contribution in [0.3, 0.4) is 0 Å².